The van der Waals surface area contributed by atoms with E-state index >= 15 is 0 Å². The predicted molar refractivity (Wildman–Crippen MR) is 320 cm³/mol. The van der Waals surface area contributed by atoms with Gasteiger partial charge in [-0.25, -0.2) is 18.7 Å². The number of fused-ring (bicyclic) bond motifs is 4. The maximum atomic E-state index is 14.6. The first-order valence-corrected chi connectivity index (χ1v) is 26.6. The lowest BCUT2D eigenvalue weighted by Crippen LogP contribution is -2.13. The quantitative estimate of drug-likeness (QED) is 0.0437. The molecule has 2 aromatic carbocycles. The number of allylic oxidation sites excluding steroid dienone is 5. The highest BCUT2D eigenvalue weighted by Gasteiger charge is 2.19. The van der Waals surface area contributed by atoms with Gasteiger partial charge in [-0.2, -0.15) is 10.2 Å². The third-order valence-electron chi connectivity index (χ3n) is 13.4. The molecular formula is C63H66F2N14. The molecule has 0 atom stereocenters. The number of rotatable bonds is 17. The Hall–Kier alpha value is -8.99. The number of aromatic nitrogens is 11. The van der Waals surface area contributed by atoms with Gasteiger partial charge in [0.2, 0.25) is 0 Å². The van der Waals surface area contributed by atoms with E-state index < -0.39 is 0 Å². The molecule has 9 aromatic heterocycles. The van der Waals surface area contributed by atoms with Crippen molar-refractivity contribution in [2.75, 3.05) is 53.2 Å². The van der Waals surface area contributed by atoms with Gasteiger partial charge in [-0.05, 0) is 175 Å². The minimum Gasteiger partial charge on any atom is -0.376 e. The summed E-state index contributed by atoms with van der Waals surface area (Å²) >= 11 is 0. The highest BCUT2D eigenvalue weighted by atomic mass is 19.1. The molecule has 79 heavy (non-hydrogen) atoms. The Kier molecular flexibility index (Phi) is 17.3. The molecule has 0 aliphatic heterocycles. The van der Waals surface area contributed by atoms with Crippen LogP contribution < -0.4 is 10.2 Å². The number of nitrogens with zero attached hydrogens (tertiary/aromatic N) is 9. The monoisotopic (exact) mass is 1060 g/mol. The van der Waals surface area contributed by atoms with Gasteiger partial charge in [-0.1, -0.05) is 44.7 Å². The number of hydrogen-bond acceptors (Lipinski definition) is 10. The normalized spacial score (nSPS) is 11.7. The van der Waals surface area contributed by atoms with Crippen LogP contribution in [0.25, 0.3) is 106 Å². The predicted octanol–water partition coefficient (Wildman–Crippen LogP) is 13.6. The molecule has 0 bridgehead atoms. The van der Waals surface area contributed by atoms with E-state index in [0.717, 1.165) is 162 Å². The van der Waals surface area contributed by atoms with Gasteiger partial charge < -0.3 is 25.1 Å². The third kappa shape index (κ3) is 12.4. The summed E-state index contributed by atoms with van der Waals surface area (Å²) in [6.07, 6.45) is 18.3. The van der Waals surface area contributed by atoms with Crippen molar-refractivity contribution in [2.45, 2.75) is 46.5 Å². The van der Waals surface area contributed by atoms with Crippen LogP contribution in [0.4, 0.5) is 14.5 Å². The van der Waals surface area contributed by atoms with Crippen LogP contribution in [0.3, 0.4) is 0 Å². The number of halogens is 2. The molecule has 0 aliphatic rings. The van der Waals surface area contributed by atoms with Crippen molar-refractivity contribution in [3.63, 3.8) is 0 Å². The summed E-state index contributed by atoms with van der Waals surface area (Å²) in [6, 6.07) is 28.2. The zero-order valence-electron chi connectivity index (χ0n) is 46.0. The van der Waals surface area contributed by atoms with E-state index in [1.807, 2.05) is 152 Å². The zero-order valence-corrected chi connectivity index (χ0v) is 46.0. The summed E-state index contributed by atoms with van der Waals surface area (Å²) in [5.74, 6) is -0.512. The fourth-order valence-corrected chi connectivity index (χ4v) is 9.56. The second-order valence-corrected chi connectivity index (χ2v) is 19.4. The Bertz CT molecular complexity index is 3970. The molecule has 0 saturated carbocycles. The minimum atomic E-state index is -0.260. The number of anilines is 1. The lowest BCUT2D eigenvalue weighted by molar-refractivity contribution is 0.400. The van der Waals surface area contributed by atoms with Crippen molar-refractivity contribution in [3.8, 4) is 56.5 Å². The molecule has 9 heterocycles. The molecule has 0 aliphatic carbocycles. The Morgan fingerprint density at radius 3 is 1.78 bits per heavy atom. The Morgan fingerprint density at radius 2 is 1.23 bits per heavy atom. The first kappa shape index (κ1) is 54.8. The highest BCUT2D eigenvalue weighted by molar-refractivity contribution is 6.01. The number of benzene rings is 2. The number of aryl methyl sites for hydroxylation is 2. The molecule has 0 amide bonds. The van der Waals surface area contributed by atoms with E-state index in [9.17, 15) is 8.78 Å². The number of hydrogen-bond donors (Lipinski definition) is 5. The summed E-state index contributed by atoms with van der Waals surface area (Å²) in [6.45, 7) is 11.6. The van der Waals surface area contributed by atoms with Gasteiger partial charge in [0.1, 0.15) is 34.1 Å². The van der Waals surface area contributed by atoms with Crippen molar-refractivity contribution >= 4 is 55.1 Å². The Labute approximate surface area is 458 Å². The highest BCUT2D eigenvalue weighted by Crippen LogP contribution is 2.36. The standard InChI is InChI=1S/C31H31FN6.C30H29FN8.C2H6/c1-5-7-10-21(6-2)25-11-12-27-30(35-25)31(37-36-27)28-19-24-26(34-28)13-14-33-29(24)22-16-20(17-23(32)18-22)9-8-15-38(3)4;1-32-9-4-5-18-11-19(13-21(31)12-18)28-23-15-27(35-25(23)8-10-34-28)30-29-26(37-38-30)7-6-24(36-29)20-14-22(39(2)3)17-33-16-20;1-2/h5-7,10-14,16-19,34H,1,8-9,15H2,2-4H3,(H,36,37);6-8,10-17,32,35H,4-5,9H2,1-3H3,(H,37,38);1-2H3/b10-7-,21-6+;;. The Balaban J connectivity index is 0.000000186. The van der Waals surface area contributed by atoms with Crippen molar-refractivity contribution in [2.24, 2.45) is 0 Å². The second kappa shape index (κ2) is 25.0. The Morgan fingerprint density at radius 1 is 0.646 bits per heavy atom. The number of pyridine rings is 5. The molecule has 0 saturated heterocycles. The van der Waals surface area contributed by atoms with E-state index in [1.54, 1.807) is 42.7 Å². The molecule has 0 spiro atoms. The lowest BCUT2D eigenvalue weighted by atomic mass is 10.0. The number of H-pyrrole nitrogens is 4. The number of nitrogens with one attached hydrogen (secondary N) is 5. The van der Waals surface area contributed by atoms with Gasteiger partial charge >= 0.3 is 0 Å². The largest absolute Gasteiger partial charge is 0.376 e. The smallest absolute Gasteiger partial charge is 0.135 e. The van der Waals surface area contributed by atoms with Gasteiger partial charge in [0.15, 0.2) is 0 Å². The first-order valence-electron chi connectivity index (χ1n) is 26.6. The van der Waals surface area contributed by atoms with E-state index in [0.29, 0.717) is 5.69 Å². The van der Waals surface area contributed by atoms with Crippen molar-refractivity contribution < 1.29 is 8.78 Å². The molecule has 16 heteroatoms. The zero-order chi connectivity index (χ0) is 55.6. The maximum absolute atomic E-state index is 14.6. The third-order valence-corrected chi connectivity index (χ3v) is 13.4. The SMILES string of the molecule is C=C/C=C\C(=C/C)c1ccc2[nH]nc(-c3cc4c(-c5cc(F)cc(CCCN(C)C)c5)nccc4[nH]3)c2n1.CC.CNCCCc1cc(F)cc(-c2nccc3[nH]c(-c4n[nH]c5ccc(-c6cncc(N(C)C)c6)nc45)cc23)c1. The van der Waals surface area contributed by atoms with Gasteiger partial charge in [-0.3, -0.25) is 25.1 Å². The van der Waals surface area contributed by atoms with Gasteiger partial charge in [0.05, 0.1) is 57.1 Å². The molecular weight excluding hydrogens is 991 g/mol. The summed E-state index contributed by atoms with van der Waals surface area (Å²) in [5.41, 5.74) is 17.5. The van der Waals surface area contributed by atoms with Gasteiger partial charge in [0, 0.05) is 71.2 Å². The van der Waals surface area contributed by atoms with Crippen LogP contribution in [0, 0.1) is 11.6 Å². The van der Waals surface area contributed by atoms with E-state index in [1.165, 1.54) is 0 Å². The summed E-state index contributed by atoms with van der Waals surface area (Å²) in [4.78, 5) is 34.6. The number of aromatic amines is 4. The van der Waals surface area contributed by atoms with Crippen molar-refractivity contribution in [1.29, 1.82) is 0 Å². The fraction of sp³-hybridized carbons (Fsp3) is 0.222. The van der Waals surface area contributed by atoms with E-state index in [-0.39, 0.29) is 11.6 Å². The van der Waals surface area contributed by atoms with Crippen molar-refractivity contribution in [3.05, 3.63) is 175 Å². The molecule has 0 fully saturated rings. The summed E-state index contributed by atoms with van der Waals surface area (Å²) in [5, 5.41) is 20.3. The van der Waals surface area contributed by atoms with E-state index in [2.05, 4.69) is 68.2 Å². The van der Waals surface area contributed by atoms with Crippen LogP contribution in [0.15, 0.2) is 147 Å². The van der Waals surface area contributed by atoms with Gasteiger partial charge in [0.25, 0.3) is 0 Å². The summed E-state index contributed by atoms with van der Waals surface area (Å²) < 4.78 is 29.2. The molecule has 5 N–H and O–H groups in total. The fourth-order valence-electron chi connectivity index (χ4n) is 9.56. The maximum Gasteiger partial charge on any atom is 0.135 e. The molecule has 0 radical (unpaired) electrons. The summed E-state index contributed by atoms with van der Waals surface area (Å²) in [7, 11) is 9.98. The van der Waals surface area contributed by atoms with Crippen LogP contribution in [-0.4, -0.2) is 109 Å². The lowest BCUT2D eigenvalue weighted by Gasteiger charge is -2.12. The van der Waals surface area contributed by atoms with Gasteiger partial charge in [-0.15, -0.1) is 0 Å². The average molecular weight is 1060 g/mol. The first-order chi connectivity index (χ1) is 38.5. The van der Waals surface area contributed by atoms with Crippen LogP contribution in [-0.2, 0) is 12.8 Å². The van der Waals surface area contributed by atoms with Crippen LogP contribution in [0.1, 0.15) is 50.4 Å². The second-order valence-electron chi connectivity index (χ2n) is 19.4. The molecule has 0 unspecified atom stereocenters. The molecule has 11 rings (SSSR count). The molecule has 402 valence electrons. The van der Waals surface area contributed by atoms with Crippen LogP contribution in [0.2, 0.25) is 0 Å². The van der Waals surface area contributed by atoms with E-state index in [4.69, 9.17) is 9.97 Å². The molecule has 14 nitrogen and oxygen atoms in total. The topological polar surface area (TPSA) is 172 Å². The average Bonchev–Trinajstić information content (AvgIpc) is 4.41. The van der Waals surface area contributed by atoms with Crippen molar-refractivity contribution in [1.82, 2.24) is 65.5 Å². The minimum absolute atomic E-state index is 0.253. The van der Waals surface area contributed by atoms with Crippen LogP contribution >= 0.6 is 0 Å². The molecule has 11 aromatic rings. The van der Waals surface area contributed by atoms with Crippen LogP contribution in [0.5, 0.6) is 0 Å².